The summed E-state index contributed by atoms with van der Waals surface area (Å²) in [6.07, 6.45) is 0. The van der Waals surface area contributed by atoms with Gasteiger partial charge in [0.05, 0.1) is 10.6 Å². The molecule has 0 amide bonds. The van der Waals surface area contributed by atoms with E-state index in [-0.39, 0.29) is 10.7 Å². The number of aryl methyl sites for hydroxylation is 1. The molecule has 0 bridgehead atoms. The number of hydrogen-bond acceptors (Lipinski definition) is 2. The van der Waals surface area contributed by atoms with Gasteiger partial charge in [0.15, 0.2) is 0 Å². The Bertz CT molecular complexity index is 961. The van der Waals surface area contributed by atoms with E-state index in [2.05, 4.69) is 0 Å². The average Bonchev–Trinajstić information content (AvgIpc) is 2.88. The van der Waals surface area contributed by atoms with Crippen LogP contribution in [0.15, 0.2) is 65.6 Å². The summed E-state index contributed by atoms with van der Waals surface area (Å²) in [4.78, 5) is 0.0403. The van der Waals surface area contributed by atoms with Gasteiger partial charge in [0.1, 0.15) is 5.82 Å². The minimum Gasteiger partial charge on any atom is -0.314 e. The Balaban J connectivity index is 2.15. The highest BCUT2D eigenvalue weighted by molar-refractivity contribution is 7.89. The first-order valence-electron chi connectivity index (χ1n) is 6.94. The third-order valence-electron chi connectivity index (χ3n) is 3.65. The minimum absolute atomic E-state index is 0.0403. The number of rotatable bonds is 3. The van der Waals surface area contributed by atoms with Gasteiger partial charge in [-0.25, -0.2) is 17.9 Å². The number of sulfonamides is 1. The zero-order chi connectivity index (χ0) is 16.6. The van der Waals surface area contributed by atoms with Crippen molar-refractivity contribution in [2.24, 2.45) is 5.14 Å². The van der Waals surface area contributed by atoms with Crippen LogP contribution in [0.1, 0.15) is 5.69 Å². The quantitative estimate of drug-likeness (QED) is 0.801. The van der Waals surface area contributed by atoms with E-state index in [0.717, 1.165) is 11.4 Å². The molecule has 4 nitrogen and oxygen atoms in total. The van der Waals surface area contributed by atoms with Crippen molar-refractivity contribution in [3.63, 3.8) is 0 Å². The Morgan fingerprint density at radius 2 is 1.61 bits per heavy atom. The molecule has 0 aliphatic rings. The Labute approximate surface area is 134 Å². The van der Waals surface area contributed by atoms with E-state index in [9.17, 15) is 12.8 Å². The normalized spacial score (nSPS) is 11.6. The summed E-state index contributed by atoms with van der Waals surface area (Å²) < 4.78 is 38.7. The number of nitrogens with zero attached hydrogens (tertiary/aromatic N) is 1. The number of nitrogens with two attached hydrogens (primary N) is 1. The van der Waals surface area contributed by atoms with Gasteiger partial charge < -0.3 is 4.57 Å². The average molecular weight is 330 g/mol. The third-order valence-corrected chi connectivity index (χ3v) is 4.58. The summed E-state index contributed by atoms with van der Waals surface area (Å²) in [5, 5.41) is 5.11. The van der Waals surface area contributed by atoms with Crippen LogP contribution in [-0.4, -0.2) is 13.0 Å². The fraction of sp³-hybridized carbons (Fsp3) is 0.0588. The van der Waals surface area contributed by atoms with Gasteiger partial charge in [-0.05, 0) is 55.5 Å². The van der Waals surface area contributed by atoms with Gasteiger partial charge in [0.2, 0.25) is 10.0 Å². The molecule has 6 heteroatoms. The molecule has 1 aromatic heterocycles. The third kappa shape index (κ3) is 2.91. The Morgan fingerprint density at radius 3 is 2.22 bits per heavy atom. The first kappa shape index (κ1) is 15.5. The second kappa shape index (κ2) is 5.64. The van der Waals surface area contributed by atoms with Gasteiger partial charge in [-0.1, -0.05) is 12.1 Å². The number of benzene rings is 2. The lowest BCUT2D eigenvalue weighted by molar-refractivity contribution is 0.598. The molecular weight excluding hydrogens is 315 g/mol. The van der Waals surface area contributed by atoms with Crippen LogP contribution in [-0.2, 0) is 10.0 Å². The molecule has 0 spiro atoms. The molecule has 118 valence electrons. The smallest absolute Gasteiger partial charge is 0.238 e. The van der Waals surface area contributed by atoms with Crippen LogP contribution in [0.5, 0.6) is 0 Å². The molecule has 0 aliphatic heterocycles. The SMILES string of the molecule is Cc1ccc(-c2ccccc2F)n1-c1ccc(S(N)(=O)=O)cc1. The number of halogens is 1. The highest BCUT2D eigenvalue weighted by Gasteiger charge is 2.14. The van der Waals surface area contributed by atoms with E-state index >= 15 is 0 Å². The van der Waals surface area contributed by atoms with Crippen molar-refractivity contribution in [1.29, 1.82) is 0 Å². The Kier molecular flexibility index (Phi) is 3.79. The lowest BCUT2D eigenvalue weighted by atomic mass is 10.1. The van der Waals surface area contributed by atoms with Crippen molar-refractivity contribution in [2.75, 3.05) is 0 Å². The lowest BCUT2D eigenvalue weighted by Crippen LogP contribution is -2.12. The standard InChI is InChI=1S/C17H15FN2O2S/c1-12-6-11-17(15-4-2-3-5-16(15)18)20(12)13-7-9-14(10-8-13)23(19,21)22/h2-11H,1H3,(H2,19,21,22). The van der Waals surface area contributed by atoms with Gasteiger partial charge in [-0.3, -0.25) is 0 Å². The molecule has 2 aromatic carbocycles. The summed E-state index contributed by atoms with van der Waals surface area (Å²) in [6, 6.07) is 16.4. The minimum atomic E-state index is -3.74. The number of hydrogen-bond donors (Lipinski definition) is 1. The maximum Gasteiger partial charge on any atom is 0.238 e. The van der Waals surface area contributed by atoms with E-state index in [1.165, 1.54) is 18.2 Å². The molecule has 0 saturated heterocycles. The molecule has 23 heavy (non-hydrogen) atoms. The van der Waals surface area contributed by atoms with E-state index in [4.69, 9.17) is 5.14 Å². The zero-order valence-electron chi connectivity index (χ0n) is 12.4. The monoisotopic (exact) mass is 330 g/mol. The maximum absolute atomic E-state index is 14.1. The highest BCUT2D eigenvalue weighted by atomic mass is 32.2. The second-order valence-corrected chi connectivity index (χ2v) is 6.78. The van der Waals surface area contributed by atoms with Crippen molar-refractivity contribution in [3.05, 3.63) is 72.2 Å². The van der Waals surface area contributed by atoms with Crippen LogP contribution >= 0.6 is 0 Å². The molecule has 3 rings (SSSR count). The van der Waals surface area contributed by atoms with Crippen LogP contribution in [0.3, 0.4) is 0 Å². The molecule has 0 fully saturated rings. The van der Waals surface area contributed by atoms with Crippen LogP contribution in [0.25, 0.3) is 16.9 Å². The summed E-state index contributed by atoms with van der Waals surface area (Å²) in [6.45, 7) is 1.90. The summed E-state index contributed by atoms with van der Waals surface area (Å²) in [5.41, 5.74) is 2.82. The molecular formula is C17H15FN2O2S. The van der Waals surface area contributed by atoms with Crippen LogP contribution in [0.2, 0.25) is 0 Å². The topological polar surface area (TPSA) is 65.1 Å². The Hall–Kier alpha value is -2.44. The fourth-order valence-electron chi connectivity index (χ4n) is 2.55. The lowest BCUT2D eigenvalue weighted by Gasteiger charge is -2.13. The van der Waals surface area contributed by atoms with Crippen molar-refractivity contribution >= 4 is 10.0 Å². The van der Waals surface area contributed by atoms with Crippen LogP contribution in [0.4, 0.5) is 4.39 Å². The highest BCUT2D eigenvalue weighted by Crippen LogP contribution is 2.28. The zero-order valence-corrected chi connectivity index (χ0v) is 13.2. The molecule has 0 saturated carbocycles. The van der Waals surface area contributed by atoms with Gasteiger partial charge in [0.25, 0.3) is 0 Å². The summed E-state index contributed by atoms with van der Waals surface area (Å²) in [5.74, 6) is -0.312. The van der Waals surface area contributed by atoms with Gasteiger partial charge in [-0.2, -0.15) is 0 Å². The molecule has 0 aliphatic carbocycles. The first-order chi connectivity index (χ1) is 10.9. The van der Waals surface area contributed by atoms with Crippen molar-refractivity contribution in [2.45, 2.75) is 11.8 Å². The van der Waals surface area contributed by atoms with Crippen LogP contribution < -0.4 is 5.14 Å². The van der Waals surface area contributed by atoms with Gasteiger partial charge in [-0.15, -0.1) is 0 Å². The molecule has 3 aromatic rings. The van der Waals surface area contributed by atoms with E-state index in [1.54, 1.807) is 30.3 Å². The summed E-state index contributed by atoms with van der Waals surface area (Å²) >= 11 is 0. The Morgan fingerprint density at radius 1 is 0.957 bits per heavy atom. The molecule has 0 atom stereocenters. The molecule has 1 heterocycles. The molecule has 0 unspecified atom stereocenters. The molecule has 0 radical (unpaired) electrons. The first-order valence-corrected chi connectivity index (χ1v) is 8.49. The predicted octanol–water partition coefficient (Wildman–Crippen LogP) is 3.24. The van der Waals surface area contributed by atoms with E-state index in [0.29, 0.717) is 11.3 Å². The van der Waals surface area contributed by atoms with Crippen molar-refractivity contribution in [1.82, 2.24) is 4.57 Å². The number of primary sulfonamides is 1. The summed E-state index contributed by atoms with van der Waals surface area (Å²) in [7, 11) is -3.74. The van der Waals surface area contributed by atoms with Gasteiger partial charge >= 0.3 is 0 Å². The maximum atomic E-state index is 14.1. The van der Waals surface area contributed by atoms with E-state index in [1.807, 2.05) is 23.6 Å². The largest absolute Gasteiger partial charge is 0.314 e. The fourth-order valence-corrected chi connectivity index (χ4v) is 3.06. The van der Waals surface area contributed by atoms with Crippen molar-refractivity contribution < 1.29 is 12.8 Å². The van der Waals surface area contributed by atoms with Crippen LogP contribution in [0, 0.1) is 12.7 Å². The van der Waals surface area contributed by atoms with E-state index < -0.39 is 10.0 Å². The van der Waals surface area contributed by atoms with Crippen molar-refractivity contribution in [3.8, 4) is 16.9 Å². The predicted molar refractivity (Wildman–Crippen MR) is 87.3 cm³/mol. The molecule has 2 N–H and O–H groups in total. The van der Waals surface area contributed by atoms with Gasteiger partial charge in [0, 0.05) is 16.9 Å². The number of aromatic nitrogens is 1. The second-order valence-electron chi connectivity index (χ2n) is 5.21.